The van der Waals surface area contributed by atoms with E-state index in [1.54, 1.807) is 25.2 Å². The largest absolute Gasteiger partial charge is 0.497 e. The third-order valence-corrected chi connectivity index (χ3v) is 4.56. The lowest BCUT2D eigenvalue weighted by molar-refractivity contribution is 0.0819. The molecule has 2 aromatic rings. The number of amides is 2. The van der Waals surface area contributed by atoms with Gasteiger partial charge in [-0.3, -0.25) is 0 Å². The van der Waals surface area contributed by atoms with E-state index in [1.165, 1.54) is 0 Å². The van der Waals surface area contributed by atoms with Crippen molar-refractivity contribution >= 4 is 11.7 Å². The van der Waals surface area contributed by atoms with Gasteiger partial charge in [-0.1, -0.05) is 18.2 Å². The molecule has 0 aliphatic carbocycles. The summed E-state index contributed by atoms with van der Waals surface area (Å²) in [5.74, 6) is 1.48. The lowest BCUT2D eigenvalue weighted by Gasteiger charge is -2.26. The zero-order valence-electron chi connectivity index (χ0n) is 15.8. The molecule has 0 aromatic heterocycles. The van der Waals surface area contributed by atoms with Gasteiger partial charge < -0.3 is 24.4 Å². The third kappa shape index (κ3) is 5.37. The van der Waals surface area contributed by atoms with Crippen LogP contribution in [-0.4, -0.2) is 44.4 Å². The molecule has 2 aromatic carbocycles. The third-order valence-electron chi connectivity index (χ3n) is 4.56. The first-order valence-corrected chi connectivity index (χ1v) is 9.12. The van der Waals surface area contributed by atoms with Gasteiger partial charge in [0.15, 0.2) is 0 Å². The number of benzene rings is 2. The molecule has 0 spiro atoms. The molecule has 6 heteroatoms. The fourth-order valence-electron chi connectivity index (χ4n) is 3.15. The molecule has 1 aliphatic heterocycles. The van der Waals surface area contributed by atoms with Crippen molar-refractivity contribution in [2.24, 2.45) is 0 Å². The van der Waals surface area contributed by atoms with Gasteiger partial charge in [0, 0.05) is 31.5 Å². The fourth-order valence-corrected chi connectivity index (χ4v) is 3.15. The maximum atomic E-state index is 12.9. The molecular weight excluding hydrogens is 344 g/mol. The maximum absolute atomic E-state index is 12.9. The number of urea groups is 1. The SMILES string of the molecule is COc1cccc(CN(CC2CCCO2)C(=O)Nc2cccc(OC)c2)c1. The predicted octanol–water partition coefficient (Wildman–Crippen LogP) is 3.92. The van der Waals surface area contributed by atoms with E-state index in [9.17, 15) is 4.79 Å². The number of nitrogens with zero attached hydrogens (tertiary/aromatic N) is 1. The molecule has 1 N–H and O–H groups in total. The zero-order chi connectivity index (χ0) is 19.1. The standard InChI is InChI=1S/C21H26N2O4/c1-25-18-8-3-6-16(12-18)14-23(15-20-10-5-11-27-20)21(24)22-17-7-4-9-19(13-17)26-2/h3-4,6-9,12-13,20H,5,10-11,14-15H2,1-2H3,(H,22,24). The van der Waals surface area contributed by atoms with Gasteiger partial charge in [0.2, 0.25) is 0 Å². The predicted molar refractivity (Wildman–Crippen MR) is 104 cm³/mol. The minimum Gasteiger partial charge on any atom is -0.497 e. The molecule has 0 saturated carbocycles. The lowest BCUT2D eigenvalue weighted by Crippen LogP contribution is -2.39. The van der Waals surface area contributed by atoms with E-state index in [1.807, 2.05) is 42.5 Å². The van der Waals surface area contributed by atoms with E-state index in [0.29, 0.717) is 24.5 Å². The van der Waals surface area contributed by atoms with E-state index in [0.717, 1.165) is 30.8 Å². The van der Waals surface area contributed by atoms with Crippen LogP contribution in [-0.2, 0) is 11.3 Å². The molecule has 1 unspecified atom stereocenters. The maximum Gasteiger partial charge on any atom is 0.322 e. The van der Waals surface area contributed by atoms with Gasteiger partial charge in [-0.25, -0.2) is 4.79 Å². The Labute approximate surface area is 160 Å². The normalized spacial score (nSPS) is 16.0. The molecule has 1 heterocycles. The molecule has 0 bridgehead atoms. The van der Waals surface area contributed by atoms with Crippen LogP contribution in [0.2, 0.25) is 0 Å². The van der Waals surface area contributed by atoms with Crippen LogP contribution in [0.5, 0.6) is 11.5 Å². The summed E-state index contributed by atoms with van der Waals surface area (Å²) in [6, 6.07) is 14.9. The molecular formula is C21H26N2O4. The second kappa shape index (κ2) is 9.28. The Kier molecular flexibility index (Phi) is 6.54. The van der Waals surface area contributed by atoms with E-state index in [2.05, 4.69) is 5.32 Å². The summed E-state index contributed by atoms with van der Waals surface area (Å²) in [4.78, 5) is 14.7. The highest BCUT2D eigenvalue weighted by Crippen LogP contribution is 2.20. The van der Waals surface area contributed by atoms with Gasteiger partial charge >= 0.3 is 6.03 Å². The fraction of sp³-hybridized carbons (Fsp3) is 0.381. The monoisotopic (exact) mass is 370 g/mol. The molecule has 0 radical (unpaired) electrons. The Morgan fingerprint density at radius 3 is 2.59 bits per heavy atom. The summed E-state index contributed by atoms with van der Waals surface area (Å²) in [5.41, 5.74) is 1.70. The van der Waals surface area contributed by atoms with Crippen LogP contribution in [0.4, 0.5) is 10.5 Å². The number of ether oxygens (including phenoxy) is 3. The van der Waals surface area contributed by atoms with Crippen LogP contribution in [0.3, 0.4) is 0 Å². The molecule has 144 valence electrons. The highest BCUT2D eigenvalue weighted by Gasteiger charge is 2.23. The number of carbonyl (C=O) groups excluding carboxylic acids is 1. The molecule has 1 saturated heterocycles. The highest BCUT2D eigenvalue weighted by molar-refractivity contribution is 5.89. The first-order valence-electron chi connectivity index (χ1n) is 9.12. The first kappa shape index (κ1) is 19.0. The Morgan fingerprint density at radius 2 is 1.89 bits per heavy atom. The van der Waals surface area contributed by atoms with Gasteiger partial charge in [-0.15, -0.1) is 0 Å². The second-order valence-corrected chi connectivity index (χ2v) is 6.53. The molecule has 2 amide bonds. The number of hydrogen-bond donors (Lipinski definition) is 1. The van der Waals surface area contributed by atoms with Gasteiger partial charge in [0.1, 0.15) is 11.5 Å². The summed E-state index contributed by atoms with van der Waals surface area (Å²) in [7, 11) is 3.24. The van der Waals surface area contributed by atoms with Crippen molar-refractivity contribution in [2.75, 3.05) is 32.7 Å². The van der Waals surface area contributed by atoms with Crippen LogP contribution < -0.4 is 14.8 Å². The van der Waals surface area contributed by atoms with Crippen LogP contribution in [0, 0.1) is 0 Å². The zero-order valence-corrected chi connectivity index (χ0v) is 15.8. The minimum atomic E-state index is -0.165. The average Bonchev–Trinajstić information content (AvgIpc) is 3.21. The molecule has 1 aliphatic rings. The Morgan fingerprint density at radius 1 is 1.15 bits per heavy atom. The Hall–Kier alpha value is -2.73. The number of nitrogens with one attached hydrogen (secondary N) is 1. The van der Waals surface area contributed by atoms with Crippen LogP contribution in [0.15, 0.2) is 48.5 Å². The highest BCUT2D eigenvalue weighted by atomic mass is 16.5. The van der Waals surface area contributed by atoms with Crippen molar-refractivity contribution in [3.63, 3.8) is 0 Å². The lowest BCUT2D eigenvalue weighted by atomic mass is 10.1. The average molecular weight is 370 g/mol. The smallest absolute Gasteiger partial charge is 0.322 e. The first-order chi connectivity index (χ1) is 13.2. The van der Waals surface area contributed by atoms with Crippen molar-refractivity contribution in [3.05, 3.63) is 54.1 Å². The molecule has 27 heavy (non-hydrogen) atoms. The van der Waals surface area contributed by atoms with Gasteiger partial charge in [0.05, 0.1) is 20.3 Å². The summed E-state index contributed by atoms with van der Waals surface area (Å²) in [5, 5.41) is 2.96. The number of carbonyl (C=O) groups is 1. The Bertz CT molecular complexity index is 759. The van der Waals surface area contributed by atoms with E-state index >= 15 is 0 Å². The molecule has 1 fully saturated rings. The summed E-state index contributed by atoms with van der Waals surface area (Å²) >= 11 is 0. The van der Waals surface area contributed by atoms with Gasteiger partial charge in [0.25, 0.3) is 0 Å². The van der Waals surface area contributed by atoms with E-state index in [-0.39, 0.29) is 12.1 Å². The van der Waals surface area contributed by atoms with Gasteiger partial charge in [-0.05, 0) is 42.7 Å². The van der Waals surface area contributed by atoms with Crippen LogP contribution in [0.1, 0.15) is 18.4 Å². The Balaban J connectivity index is 1.73. The van der Waals surface area contributed by atoms with Crippen LogP contribution in [0.25, 0.3) is 0 Å². The van der Waals surface area contributed by atoms with Crippen molar-refractivity contribution in [1.29, 1.82) is 0 Å². The number of methoxy groups -OCH3 is 2. The molecule has 6 nitrogen and oxygen atoms in total. The van der Waals surface area contributed by atoms with Crippen molar-refractivity contribution < 1.29 is 19.0 Å². The van der Waals surface area contributed by atoms with Crippen LogP contribution >= 0.6 is 0 Å². The summed E-state index contributed by atoms with van der Waals surface area (Å²) in [6.07, 6.45) is 2.09. The second-order valence-electron chi connectivity index (χ2n) is 6.53. The number of anilines is 1. The van der Waals surface area contributed by atoms with Crippen molar-refractivity contribution in [3.8, 4) is 11.5 Å². The molecule has 1 atom stereocenters. The topological polar surface area (TPSA) is 60.0 Å². The summed E-state index contributed by atoms with van der Waals surface area (Å²) in [6.45, 7) is 1.79. The van der Waals surface area contributed by atoms with E-state index in [4.69, 9.17) is 14.2 Å². The van der Waals surface area contributed by atoms with Crippen molar-refractivity contribution in [2.45, 2.75) is 25.5 Å². The number of hydrogen-bond acceptors (Lipinski definition) is 4. The quantitative estimate of drug-likeness (QED) is 0.803. The minimum absolute atomic E-state index is 0.0756. The molecule has 3 rings (SSSR count). The van der Waals surface area contributed by atoms with E-state index < -0.39 is 0 Å². The van der Waals surface area contributed by atoms with Gasteiger partial charge in [-0.2, -0.15) is 0 Å². The summed E-state index contributed by atoms with van der Waals surface area (Å²) < 4.78 is 16.3. The van der Waals surface area contributed by atoms with Crippen molar-refractivity contribution in [1.82, 2.24) is 4.90 Å². The number of rotatable bonds is 7.